The van der Waals surface area contributed by atoms with Crippen LogP contribution in [-0.4, -0.2) is 34.0 Å². The number of hydrogen-bond donors (Lipinski definition) is 1. The van der Waals surface area contributed by atoms with Crippen molar-refractivity contribution in [2.75, 3.05) is 0 Å². The maximum Gasteiger partial charge on any atom is 0.329 e. The first kappa shape index (κ1) is 10.5. The molecule has 0 spiro atoms. The molecule has 84 valence electrons. The molecule has 0 heterocycles. The highest BCUT2D eigenvalue weighted by Gasteiger charge is 2.56. The van der Waals surface area contributed by atoms with E-state index < -0.39 is 11.5 Å². The van der Waals surface area contributed by atoms with Crippen molar-refractivity contribution in [3.63, 3.8) is 0 Å². The molecule has 0 aromatic heterocycles. The lowest BCUT2D eigenvalue weighted by Gasteiger charge is -2.38. The Morgan fingerprint density at radius 1 is 1.47 bits per heavy atom. The molecule has 1 amide bonds. The number of carboxylic acids is 1. The van der Waals surface area contributed by atoms with Crippen LogP contribution in [-0.2, 0) is 9.59 Å². The third kappa shape index (κ3) is 1.52. The van der Waals surface area contributed by atoms with Crippen molar-refractivity contribution in [1.29, 1.82) is 0 Å². The molecule has 1 unspecified atom stereocenters. The summed E-state index contributed by atoms with van der Waals surface area (Å²) in [5.41, 5.74) is -0.914. The Kier molecular flexibility index (Phi) is 2.44. The van der Waals surface area contributed by atoms with Gasteiger partial charge < -0.3 is 10.0 Å². The Morgan fingerprint density at radius 2 is 2.07 bits per heavy atom. The van der Waals surface area contributed by atoms with Gasteiger partial charge in [0.25, 0.3) is 0 Å². The Labute approximate surface area is 89.3 Å². The second-order valence-electron chi connectivity index (χ2n) is 4.60. The maximum absolute atomic E-state index is 11.5. The van der Waals surface area contributed by atoms with Gasteiger partial charge in [0.15, 0.2) is 0 Å². The molecule has 0 bridgehead atoms. The van der Waals surface area contributed by atoms with Crippen LogP contribution in [0.5, 0.6) is 0 Å². The van der Waals surface area contributed by atoms with Crippen LogP contribution in [0.2, 0.25) is 0 Å². The van der Waals surface area contributed by atoms with Gasteiger partial charge in [-0.3, -0.25) is 4.79 Å². The first-order valence-corrected chi connectivity index (χ1v) is 5.64. The fourth-order valence-electron chi connectivity index (χ4n) is 2.54. The summed E-state index contributed by atoms with van der Waals surface area (Å²) in [4.78, 5) is 24.1. The molecule has 2 fully saturated rings. The summed E-state index contributed by atoms with van der Waals surface area (Å²) < 4.78 is 0. The van der Waals surface area contributed by atoms with Gasteiger partial charge in [-0.25, -0.2) is 4.79 Å². The standard InChI is InChI=1S/C11H17NO3/c1-2-11(10(14)15,8-3-4-8)12(7-13)9-5-6-9/h7-9H,2-6H2,1H3,(H,14,15). The fourth-order valence-corrected chi connectivity index (χ4v) is 2.54. The third-order valence-corrected chi connectivity index (χ3v) is 3.68. The third-order valence-electron chi connectivity index (χ3n) is 3.68. The second kappa shape index (κ2) is 3.51. The van der Waals surface area contributed by atoms with Gasteiger partial charge in [0.2, 0.25) is 6.41 Å². The molecule has 2 rings (SSSR count). The summed E-state index contributed by atoms with van der Waals surface area (Å²) in [6.07, 6.45) is 5.06. The minimum Gasteiger partial charge on any atom is -0.479 e. The number of amides is 1. The normalized spacial score (nSPS) is 24.3. The smallest absolute Gasteiger partial charge is 0.329 e. The van der Waals surface area contributed by atoms with Gasteiger partial charge >= 0.3 is 5.97 Å². The summed E-state index contributed by atoms with van der Waals surface area (Å²) in [7, 11) is 0. The average Bonchev–Trinajstić information content (AvgIpc) is 3.02. The highest BCUT2D eigenvalue weighted by Crippen LogP contribution is 2.48. The predicted molar refractivity (Wildman–Crippen MR) is 54.3 cm³/mol. The molecule has 4 nitrogen and oxygen atoms in total. The van der Waals surface area contributed by atoms with Crippen LogP contribution < -0.4 is 0 Å². The monoisotopic (exact) mass is 211 g/mol. The van der Waals surface area contributed by atoms with Crippen LogP contribution in [0.15, 0.2) is 0 Å². The van der Waals surface area contributed by atoms with E-state index in [9.17, 15) is 14.7 Å². The van der Waals surface area contributed by atoms with E-state index in [1.807, 2.05) is 6.92 Å². The molecule has 1 atom stereocenters. The zero-order valence-electron chi connectivity index (χ0n) is 8.98. The predicted octanol–water partition coefficient (Wildman–Crippen LogP) is 1.25. The first-order chi connectivity index (χ1) is 7.16. The fraction of sp³-hybridized carbons (Fsp3) is 0.818. The van der Waals surface area contributed by atoms with E-state index in [4.69, 9.17) is 0 Å². The lowest BCUT2D eigenvalue weighted by molar-refractivity contribution is -0.158. The molecule has 1 N–H and O–H groups in total. The van der Waals surface area contributed by atoms with Gasteiger partial charge in [-0.15, -0.1) is 0 Å². The lowest BCUT2D eigenvalue weighted by Crippen LogP contribution is -2.56. The van der Waals surface area contributed by atoms with Crippen molar-refractivity contribution < 1.29 is 14.7 Å². The molecule has 4 heteroatoms. The molecule has 0 aromatic rings. The number of carbonyl (C=O) groups is 2. The number of carboxylic acid groups (broad SMARTS) is 1. The number of carbonyl (C=O) groups excluding carboxylic acids is 1. The topological polar surface area (TPSA) is 57.6 Å². The van der Waals surface area contributed by atoms with E-state index in [-0.39, 0.29) is 12.0 Å². The molecular formula is C11H17NO3. The van der Waals surface area contributed by atoms with Gasteiger partial charge in [-0.1, -0.05) is 6.92 Å². The van der Waals surface area contributed by atoms with E-state index in [1.165, 1.54) is 0 Å². The van der Waals surface area contributed by atoms with Gasteiger partial charge in [0.1, 0.15) is 5.54 Å². The van der Waals surface area contributed by atoms with Crippen molar-refractivity contribution in [2.45, 2.75) is 50.6 Å². The van der Waals surface area contributed by atoms with Crippen molar-refractivity contribution in [3.05, 3.63) is 0 Å². The van der Waals surface area contributed by atoms with E-state index in [0.717, 1.165) is 32.1 Å². The van der Waals surface area contributed by atoms with Crippen molar-refractivity contribution >= 4 is 12.4 Å². The Bertz CT molecular complexity index is 284. The molecule has 0 aromatic carbocycles. The van der Waals surface area contributed by atoms with Gasteiger partial charge in [-0.05, 0) is 38.0 Å². The van der Waals surface area contributed by atoms with Crippen molar-refractivity contribution in [1.82, 2.24) is 4.90 Å². The summed E-state index contributed by atoms with van der Waals surface area (Å²) in [6.45, 7) is 1.87. The van der Waals surface area contributed by atoms with E-state index in [2.05, 4.69) is 0 Å². The van der Waals surface area contributed by atoms with Gasteiger partial charge in [-0.2, -0.15) is 0 Å². The van der Waals surface area contributed by atoms with Gasteiger partial charge in [0, 0.05) is 6.04 Å². The highest BCUT2D eigenvalue weighted by molar-refractivity contribution is 5.82. The lowest BCUT2D eigenvalue weighted by atomic mass is 9.88. The largest absolute Gasteiger partial charge is 0.479 e. The number of nitrogens with zero attached hydrogens (tertiary/aromatic N) is 1. The van der Waals surface area contributed by atoms with E-state index in [0.29, 0.717) is 6.42 Å². The number of hydrogen-bond acceptors (Lipinski definition) is 2. The molecule has 15 heavy (non-hydrogen) atoms. The van der Waals surface area contributed by atoms with Crippen LogP contribution >= 0.6 is 0 Å². The molecule has 0 radical (unpaired) electrons. The maximum atomic E-state index is 11.5. The van der Waals surface area contributed by atoms with Crippen LogP contribution in [0.3, 0.4) is 0 Å². The molecular weight excluding hydrogens is 194 g/mol. The zero-order valence-corrected chi connectivity index (χ0v) is 8.98. The highest BCUT2D eigenvalue weighted by atomic mass is 16.4. The molecule has 2 aliphatic rings. The summed E-state index contributed by atoms with van der Waals surface area (Å²) >= 11 is 0. The molecule has 2 saturated carbocycles. The zero-order chi connectivity index (χ0) is 11.1. The van der Waals surface area contributed by atoms with Gasteiger partial charge in [0.05, 0.1) is 0 Å². The minimum absolute atomic E-state index is 0.172. The van der Waals surface area contributed by atoms with Crippen molar-refractivity contribution in [3.8, 4) is 0 Å². The van der Waals surface area contributed by atoms with Crippen LogP contribution in [0.25, 0.3) is 0 Å². The SMILES string of the molecule is CCC(C(=O)O)(C1CC1)N(C=O)C1CC1. The van der Waals surface area contributed by atoms with E-state index >= 15 is 0 Å². The quantitative estimate of drug-likeness (QED) is 0.673. The Balaban J connectivity index is 2.28. The Hall–Kier alpha value is -1.06. The summed E-state index contributed by atoms with van der Waals surface area (Å²) in [5.74, 6) is -0.655. The number of rotatable bonds is 6. The molecule has 0 aliphatic heterocycles. The minimum atomic E-state index is -0.914. The second-order valence-corrected chi connectivity index (χ2v) is 4.60. The molecule has 2 aliphatic carbocycles. The van der Waals surface area contributed by atoms with Crippen molar-refractivity contribution in [2.24, 2.45) is 5.92 Å². The summed E-state index contributed by atoms with van der Waals surface area (Å²) in [6, 6.07) is 0.180. The van der Waals surface area contributed by atoms with Crippen LogP contribution in [0, 0.1) is 5.92 Å². The average molecular weight is 211 g/mol. The van der Waals surface area contributed by atoms with E-state index in [1.54, 1.807) is 4.90 Å². The Morgan fingerprint density at radius 3 is 2.33 bits per heavy atom. The first-order valence-electron chi connectivity index (χ1n) is 5.64. The summed E-state index contributed by atoms with van der Waals surface area (Å²) in [5, 5.41) is 9.41. The number of aliphatic carboxylic acids is 1. The van der Waals surface area contributed by atoms with Crippen LogP contribution in [0.1, 0.15) is 39.0 Å². The van der Waals surface area contributed by atoms with Crippen LogP contribution in [0.4, 0.5) is 0 Å². The molecule has 0 saturated heterocycles.